The quantitative estimate of drug-likeness (QED) is 0.490. The number of hydrogen-bond donors (Lipinski definition) is 2. The second kappa shape index (κ2) is 12.0. The van der Waals surface area contributed by atoms with Crippen LogP contribution in [0.25, 0.3) is 10.8 Å². The van der Waals surface area contributed by atoms with Gasteiger partial charge in [-0.2, -0.15) is 0 Å². The minimum atomic E-state index is -0.879. The second-order valence-corrected chi connectivity index (χ2v) is 9.53. The summed E-state index contributed by atoms with van der Waals surface area (Å²) >= 11 is 0. The summed E-state index contributed by atoms with van der Waals surface area (Å²) in [4.78, 5) is 41.6. The highest BCUT2D eigenvalue weighted by atomic mass is 19.1. The SMILES string of the molecule is CCC1CN(C(Cc2ccc3ccccc3c2)C(=O)NC(N)=O)CCN1C(=O)CCc1ccc(F)cc1. The molecule has 0 bridgehead atoms. The maximum absolute atomic E-state index is 13.2. The van der Waals surface area contributed by atoms with E-state index in [2.05, 4.69) is 11.4 Å². The van der Waals surface area contributed by atoms with Crippen LogP contribution in [-0.2, 0) is 22.4 Å². The number of aryl methyl sites for hydroxylation is 1. The van der Waals surface area contributed by atoms with Gasteiger partial charge in [-0.15, -0.1) is 0 Å². The van der Waals surface area contributed by atoms with Crippen LogP contribution in [0.1, 0.15) is 30.9 Å². The van der Waals surface area contributed by atoms with E-state index >= 15 is 0 Å². The third-order valence-electron chi connectivity index (χ3n) is 7.08. The predicted octanol–water partition coefficient (Wildman–Crippen LogP) is 3.64. The molecule has 3 N–H and O–H groups in total. The van der Waals surface area contributed by atoms with Crippen LogP contribution in [0.3, 0.4) is 0 Å². The Morgan fingerprint density at radius 3 is 2.41 bits per heavy atom. The molecule has 8 heteroatoms. The van der Waals surface area contributed by atoms with Crippen LogP contribution in [0.15, 0.2) is 66.7 Å². The van der Waals surface area contributed by atoms with Crippen molar-refractivity contribution in [2.45, 2.75) is 44.7 Å². The van der Waals surface area contributed by atoms with Gasteiger partial charge in [0.25, 0.3) is 0 Å². The number of primary amides is 1. The van der Waals surface area contributed by atoms with Crippen molar-refractivity contribution in [3.05, 3.63) is 83.7 Å². The van der Waals surface area contributed by atoms with Crippen LogP contribution in [0.4, 0.5) is 9.18 Å². The number of piperazine rings is 1. The lowest BCUT2D eigenvalue weighted by atomic mass is 9.98. The molecule has 0 aliphatic carbocycles. The van der Waals surface area contributed by atoms with Crippen LogP contribution in [-0.4, -0.2) is 59.4 Å². The van der Waals surface area contributed by atoms with E-state index < -0.39 is 18.0 Å². The van der Waals surface area contributed by atoms with E-state index in [-0.39, 0.29) is 17.8 Å². The van der Waals surface area contributed by atoms with Crippen molar-refractivity contribution in [3.8, 4) is 0 Å². The van der Waals surface area contributed by atoms with Gasteiger partial charge in [0.15, 0.2) is 0 Å². The molecular weight excluding hydrogens is 471 g/mol. The number of amides is 4. The third kappa shape index (κ3) is 6.71. The number of imide groups is 1. The fourth-order valence-electron chi connectivity index (χ4n) is 5.07. The van der Waals surface area contributed by atoms with E-state index in [4.69, 9.17) is 5.73 Å². The summed E-state index contributed by atoms with van der Waals surface area (Å²) in [7, 11) is 0. The summed E-state index contributed by atoms with van der Waals surface area (Å²) in [5.41, 5.74) is 7.17. The molecule has 4 rings (SSSR count). The third-order valence-corrected chi connectivity index (χ3v) is 7.08. The summed E-state index contributed by atoms with van der Waals surface area (Å²) in [6.07, 6.45) is 2.03. The summed E-state index contributed by atoms with van der Waals surface area (Å²) in [6.45, 7) is 3.53. The lowest BCUT2D eigenvalue weighted by molar-refractivity contribution is -0.138. The van der Waals surface area contributed by atoms with Crippen LogP contribution >= 0.6 is 0 Å². The van der Waals surface area contributed by atoms with Gasteiger partial charge < -0.3 is 10.6 Å². The summed E-state index contributed by atoms with van der Waals surface area (Å²) in [5, 5.41) is 4.45. The van der Waals surface area contributed by atoms with Crippen molar-refractivity contribution in [2.75, 3.05) is 19.6 Å². The minimum absolute atomic E-state index is 0.0449. The van der Waals surface area contributed by atoms with Crippen LogP contribution in [0.2, 0.25) is 0 Å². The Kier molecular flexibility index (Phi) is 8.50. The normalized spacial score (nSPS) is 16.9. The monoisotopic (exact) mass is 504 g/mol. The number of fused-ring (bicyclic) bond motifs is 1. The molecule has 4 amide bonds. The van der Waals surface area contributed by atoms with Gasteiger partial charge in [-0.25, -0.2) is 9.18 Å². The smallest absolute Gasteiger partial charge is 0.318 e. The zero-order valence-corrected chi connectivity index (χ0v) is 21.0. The van der Waals surface area contributed by atoms with Crippen molar-refractivity contribution in [2.24, 2.45) is 5.73 Å². The zero-order valence-electron chi connectivity index (χ0n) is 21.0. The highest BCUT2D eigenvalue weighted by Gasteiger charge is 2.35. The molecule has 1 aliphatic heterocycles. The summed E-state index contributed by atoms with van der Waals surface area (Å²) in [5.74, 6) is -0.689. The van der Waals surface area contributed by atoms with Gasteiger partial charge in [-0.3, -0.25) is 19.8 Å². The first-order valence-corrected chi connectivity index (χ1v) is 12.7. The second-order valence-electron chi connectivity index (χ2n) is 9.53. The summed E-state index contributed by atoms with van der Waals surface area (Å²) < 4.78 is 13.2. The fraction of sp³-hybridized carbons (Fsp3) is 0.345. The van der Waals surface area contributed by atoms with Crippen molar-refractivity contribution >= 4 is 28.6 Å². The van der Waals surface area contributed by atoms with Crippen molar-refractivity contribution in [1.29, 1.82) is 0 Å². The number of carbonyl (C=O) groups is 3. The van der Waals surface area contributed by atoms with Crippen LogP contribution in [0, 0.1) is 5.82 Å². The molecule has 1 fully saturated rings. The van der Waals surface area contributed by atoms with E-state index in [1.54, 1.807) is 12.1 Å². The van der Waals surface area contributed by atoms with E-state index in [1.165, 1.54) is 12.1 Å². The fourth-order valence-corrected chi connectivity index (χ4v) is 5.07. The Bertz CT molecular complexity index is 1260. The maximum atomic E-state index is 13.2. The Balaban J connectivity index is 1.46. The maximum Gasteiger partial charge on any atom is 0.318 e. The molecule has 3 aromatic rings. The van der Waals surface area contributed by atoms with E-state index in [1.807, 2.05) is 53.1 Å². The topological polar surface area (TPSA) is 95.7 Å². The number of benzene rings is 3. The highest BCUT2D eigenvalue weighted by Crippen LogP contribution is 2.22. The van der Waals surface area contributed by atoms with Gasteiger partial charge in [-0.05, 0) is 53.3 Å². The number of carbonyl (C=O) groups excluding carboxylic acids is 3. The number of hydrogen-bond acceptors (Lipinski definition) is 4. The van der Waals surface area contributed by atoms with Gasteiger partial charge in [0, 0.05) is 32.1 Å². The first-order chi connectivity index (χ1) is 17.8. The number of nitrogens with two attached hydrogens (primary N) is 1. The number of nitrogens with zero attached hydrogens (tertiary/aromatic N) is 2. The van der Waals surface area contributed by atoms with E-state index in [9.17, 15) is 18.8 Å². The Labute approximate surface area is 216 Å². The van der Waals surface area contributed by atoms with E-state index in [0.29, 0.717) is 38.9 Å². The average molecular weight is 505 g/mol. The molecule has 37 heavy (non-hydrogen) atoms. The van der Waals surface area contributed by atoms with Crippen molar-refractivity contribution in [1.82, 2.24) is 15.1 Å². The average Bonchev–Trinajstić information content (AvgIpc) is 2.90. The number of urea groups is 1. The molecule has 7 nitrogen and oxygen atoms in total. The zero-order chi connectivity index (χ0) is 26.4. The molecule has 0 spiro atoms. The molecular formula is C29H33FN4O3. The minimum Gasteiger partial charge on any atom is -0.351 e. The molecule has 0 saturated carbocycles. The lowest BCUT2D eigenvalue weighted by Crippen LogP contribution is -2.61. The van der Waals surface area contributed by atoms with Gasteiger partial charge in [0.2, 0.25) is 11.8 Å². The van der Waals surface area contributed by atoms with Gasteiger partial charge in [-0.1, -0.05) is 61.5 Å². The Morgan fingerprint density at radius 1 is 1.00 bits per heavy atom. The first-order valence-electron chi connectivity index (χ1n) is 12.7. The van der Waals surface area contributed by atoms with Gasteiger partial charge >= 0.3 is 6.03 Å². The Morgan fingerprint density at radius 2 is 1.70 bits per heavy atom. The molecule has 1 heterocycles. The highest BCUT2D eigenvalue weighted by molar-refractivity contribution is 5.96. The molecule has 2 unspecified atom stereocenters. The molecule has 1 saturated heterocycles. The molecule has 0 aromatic heterocycles. The van der Waals surface area contributed by atoms with Gasteiger partial charge in [0.1, 0.15) is 5.82 Å². The molecule has 3 aromatic carbocycles. The van der Waals surface area contributed by atoms with Crippen molar-refractivity contribution < 1.29 is 18.8 Å². The van der Waals surface area contributed by atoms with E-state index in [0.717, 1.165) is 28.3 Å². The number of nitrogens with one attached hydrogen (secondary N) is 1. The predicted molar refractivity (Wildman–Crippen MR) is 141 cm³/mol. The molecule has 194 valence electrons. The Hall–Kier alpha value is -3.78. The largest absolute Gasteiger partial charge is 0.351 e. The first kappa shape index (κ1) is 26.3. The lowest BCUT2D eigenvalue weighted by Gasteiger charge is -2.44. The number of rotatable bonds is 8. The van der Waals surface area contributed by atoms with Crippen molar-refractivity contribution in [3.63, 3.8) is 0 Å². The standard InChI is InChI=1S/C29H33FN4O3/c1-2-25-19-33(15-16-34(25)27(35)14-10-20-8-12-24(30)13-9-20)26(28(36)32-29(31)37)18-21-7-11-22-5-3-4-6-23(22)17-21/h3-9,11-13,17,25-26H,2,10,14-16,18-19H2,1H3,(H3,31,32,36,37). The van der Waals surface area contributed by atoms with Crippen LogP contribution in [0.5, 0.6) is 0 Å². The molecule has 1 aliphatic rings. The summed E-state index contributed by atoms with van der Waals surface area (Å²) in [6, 6.07) is 18.8. The molecule has 0 radical (unpaired) electrons. The van der Waals surface area contributed by atoms with Gasteiger partial charge in [0.05, 0.1) is 6.04 Å². The van der Waals surface area contributed by atoms with Crippen LogP contribution < -0.4 is 11.1 Å². The molecule has 2 atom stereocenters. The number of halogens is 1.